The highest BCUT2D eigenvalue weighted by atomic mass is 35.5. The second-order valence-corrected chi connectivity index (χ2v) is 6.59. The summed E-state index contributed by atoms with van der Waals surface area (Å²) in [5.41, 5.74) is 5.82. The summed E-state index contributed by atoms with van der Waals surface area (Å²) in [6.45, 7) is 4.49. The second kappa shape index (κ2) is 7.77. The first-order chi connectivity index (χ1) is 11.7. The lowest BCUT2D eigenvalue weighted by Gasteiger charge is -2.16. The van der Waals surface area contributed by atoms with Crippen LogP contribution in [0.3, 0.4) is 0 Å². The largest absolute Gasteiger partial charge is 0.380 e. The van der Waals surface area contributed by atoms with Crippen molar-refractivity contribution >= 4 is 17.3 Å². The number of nitroso groups, excluding NO2 is 1. The van der Waals surface area contributed by atoms with Gasteiger partial charge in [0.15, 0.2) is 0 Å². The predicted octanol–water partition coefficient (Wildman–Crippen LogP) is 4.47. The van der Waals surface area contributed by atoms with Crippen LogP contribution in [0.5, 0.6) is 0 Å². The van der Waals surface area contributed by atoms with Crippen molar-refractivity contribution in [3.8, 4) is 0 Å². The van der Waals surface area contributed by atoms with Crippen molar-refractivity contribution < 1.29 is 0 Å². The number of halogens is 1. The van der Waals surface area contributed by atoms with E-state index in [1.807, 2.05) is 30.3 Å². The maximum atomic E-state index is 10.6. The third-order valence-corrected chi connectivity index (χ3v) is 4.89. The summed E-state index contributed by atoms with van der Waals surface area (Å²) in [6.07, 6.45) is 2.02. The molecular formula is C19H22ClN3O. The lowest BCUT2D eigenvalue weighted by atomic mass is 10.0. The fourth-order valence-electron chi connectivity index (χ4n) is 3.10. The van der Waals surface area contributed by atoms with E-state index in [1.165, 1.54) is 11.1 Å². The Morgan fingerprint density at radius 1 is 1.17 bits per heavy atom. The van der Waals surface area contributed by atoms with Crippen LogP contribution in [-0.4, -0.2) is 13.1 Å². The van der Waals surface area contributed by atoms with Crippen molar-refractivity contribution in [1.29, 1.82) is 0 Å². The van der Waals surface area contributed by atoms with Crippen LogP contribution in [0.1, 0.15) is 35.2 Å². The number of hydrogen-bond acceptors (Lipinski definition) is 4. The molecule has 1 aliphatic heterocycles. The molecule has 0 bridgehead atoms. The zero-order valence-electron chi connectivity index (χ0n) is 13.8. The average molecular weight is 344 g/mol. The molecule has 1 unspecified atom stereocenters. The second-order valence-electron chi connectivity index (χ2n) is 6.19. The molecule has 1 heterocycles. The summed E-state index contributed by atoms with van der Waals surface area (Å²) in [7, 11) is 0. The highest BCUT2D eigenvalue weighted by Crippen LogP contribution is 2.31. The highest BCUT2D eigenvalue weighted by Gasteiger charge is 2.14. The Morgan fingerprint density at radius 2 is 1.92 bits per heavy atom. The van der Waals surface area contributed by atoms with Gasteiger partial charge < -0.3 is 10.6 Å². The van der Waals surface area contributed by atoms with E-state index in [1.54, 1.807) is 6.92 Å². The molecule has 2 aromatic rings. The SMILES string of the molecule is CC(N=O)c1ccc(CNc2c(Cl)ccc3c2CCNCC3)cc1. The van der Waals surface area contributed by atoms with Crippen LogP contribution in [0.15, 0.2) is 41.6 Å². The Bertz CT molecular complexity index is 715. The molecule has 0 fully saturated rings. The average Bonchev–Trinajstić information content (AvgIpc) is 2.86. The number of nitrogens with zero attached hydrogens (tertiary/aromatic N) is 1. The van der Waals surface area contributed by atoms with Crippen molar-refractivity contribution in [2.24, 2.45) is 5.18 Å². The maximum absolute atomic E-state index is 10.6. The van der Waals surface area contributed by atoms with Crippen molar-refractivity contribution in [2.45, 2.75) is 32.4 Å². The zero-order chi connectivity index (χ0) is 16.9. The zero-order valence-corrected chi connectivity index (χ0v) is 14.6. The molecule has 4 nitrogen and oxygen atoms in total. The van der Waals surface area contributed by atoms with Gasteiger partial charge in [0, 0.05) is 6.54 Å². The summed E-state index contributed by atoms with van der Waals surface area (Å²) in [5.74, 6) is 0. The van der Waals surface area contributed by atoms with E-state index < -0.39 is 0 Å². The van der Waals surface area contributed by atoms with Crippen LogP contribution in [0, 0.1) is 4.91 Å². The molecule has 3 rings (SSSR count). The van der Waals surface area contributed by atoms with Gasteiger partial charge in [0.25, 0.3) is 0 Å². The minimum atomic E-state index is -0.307. The summed E-state index contributed by atoms with van der Waals surface area (Å²) < 4.78 is 0. The fourth-order valence-corrected chi connectivity index (χ4v) is 3.34. The summed E-state index contributed by atoms with van der Waals surface area (Å²) in [6, 6.07) is 11.8. The third kappa shape index (κ3) is 3.77. The van der Waals surface area contributed by atoms with Gasteiger partial charge in [-0.05, 0) is 61.2 Å². The molecule has 5 heteroatoms. The minimum absolute atomic E-state index is 0.307. The summed E-state index contributed by atoms with van der Waals surface area (Å²) >= 11 is 6.44. The van der Waals surface area contributed by atoms with E-state index in [-0.39, 0.29) is 6.04 Å². The molecule has 1 aliphatic rings. The molecule has 24 heavy (non-hydrogen) atoms. The molecule has 0 saturated heterocycles. The molecule has 0 radical (unpaired) electrons. The van der Waals surface area contributed by atoms with Crippen LogP contribution < -0.4 is 10.6 Å². The first kappa shape index (κ1) is 16.9. The lowest BCUT2D eigenvalue weighted by Crippen LogP contribution is -2.16. The first-order valence-corrected chi connectivity index (χ1v) is 8.73. The minimum Gasteiger partial charge on any atom is -0.380 e. The van der Waals surface area contributed by atoms with Gasteiger partial charge in [-0.15, -0.1) is 0 Å². The molecule has 0 aliphatic carbocycles. The van der Waals surface area contributed by atoms with Gasteiger partial charge in [0.1, 0.15) is 6.04 Å². The van der Waals surface area contributed by atoms with Crippen LogP contribution in [0.4, 0.5) is 5.69 Å². The van der Waals surface area contributed by atoms with Crippen molar-refractivity contribution in [3.63, 3.8) is 0 Å². The molecule has 2 aromatic carbocycles. The van der Waals surface area contributed by atoms with Crippen LogP contribution >= 0.6 is 11.6 Å². The van der Waals surface area contributed by atoms with Crippen molar-refractivity contribution in [1.82, 2.24) is 5.32 Å². The lowest BCUT2D eigenvalue weighted by molar-refractivity contribution is 0.711. The van der Waals surface area contributed by atoms with Gasteiger partial charge in [0.05, 0.1) is 10.7 Å². The Kier molecular flexibility index (Phi) is 5.48. The molecule has 0 aromatic heterocycles. The third-order valence-electron chi connectivity index (χ3n) is 4.57. The standard InChI is InChI=1S/C19H22ClN3O/c1-13(23-24)15-4-2-14(3-5-15)12-22-19-17-9-11-21-10-8-16(17)6-7-18(19)20/h2-7,13,21-22H,8-12H2,1H3. The quantitative estimate of drug-likeness (QED) is 0.788. The number of benzene rings is 2. The van der Waals surface area contributed by atoms with E-state index in [4.69, 9.17) is 11.6 Å². The van der Waals surface area contributed by atoms with E-state index in [0.29, 0.717) is 6.54 Å². The molecule has 2 N–H and O–H groups in total. The highest BCUT2D eigenvalue weighted by molar-refractivity contribution is 6.33. The molecule has 0 spiro atoms. The summed E-state index contributed by atoms with van der Waals surface area (Å²) in [5, 5.41) is 10.8. The van der Waals surface area contributed by atoms with Gasteiger partial charge in [-0.3, -0.25) is 0 Å². The van der Waals surface area contributed by atoms with Crippen molar-refractivity contribution in [3.05, 3.63) is 68.6 Å². The molecular weight excluding hydrogens is 322 g/mol. The Balaban J connectivity index is 1.76. The fraction of sp³-hybridized carbons (Fsp3) is 0.368. The van der Waals surface area contributed by atoms with Gasteiger partial charge in [0.2, 0.25) is 0 Å². The van der Waals surface area contributed by atoms with Crippen LogP contribution in [0.25, 0.3) is 0 Å². The molecule has 126 valence electrons. The van der Waals surface area contributed by atoms with Gasteiger partial charge in [-0.2, -0.15) is 4.91 Å². The first-order valence-electron chi connectivity index (χ1n) is 8.35. The van der Waals surface area contributed by atoms with E-state index in [9.17, 15) is 4.91 Å². The van der Waals surface area contributed by atoms with E-state index >= 15 is 0 Å². The monoisotopic (exact) mass is 343 g/mol. The smallest absolute Gasteiger partial charge is 0.114 e. The number of anilines is 1. The Labute approximate surface area is 147 Å². The predicted molar refractivity (Wildman–Crippen MR) is 99.7 cm³/mol. The number of fused-ring (bicyclic) bond motifs is 1. The summed E-state index contributed by atoms with van der Waals surface area (Å²) in [4.78, 5) is 10.6. The Hall–Kier alpha value is -1.91. The van der Waals surface area contributed by atoms with Gasteiger partial charge in [-0.25, -0.2) is 0 Å². The molecule has 0 amide bonds. The van der Waals surface area contributed by atoms with E-state index in [0.717, 1.165) is 47.8 Å². The van der Waals surface area contributed by atoms with Crippen LogP contribution in [0.2, 0.25) is 5.02 Å². The topological polar surface area (TPSA) is 53.5 Å². The van der Waals surface area contributed by atoms with E-state index in [2.05, 4.69) is 21.9 Å². The number of rotatable bonds is 5. The molecule has 0 saturated carbocycles. The van der Waals surface area contributed by atoms with Gasteiger partial charge >= 0.3 is 0 Å². The number of nitrogens with one attached hydrogen (secondary N) is 2. The Morgan fingerprint density at radius 3 is 2.67 bits per heavy atom. The van der Waals surface area contributed by atoms with Crippen LogP contribution in [-0.2, 0) is 19.4 Å². The molecule has 1 atom stereocenters. The normalized spacial score (nSPS) is 15.2. The maximum Gasteiger partial charge on any atom is 0.114 e. The van der Waals surface area contributed by atoms with Gasteiger partial charge in [-0.1, -0.05) is 47.1 Å². The number of hydrogen-bond donors (Lipinski definition) is 2. The van der Waals surface area contributed by atoms with Crippen molar-refractivity contribution in [2.75, 3.05) is 18.4 Å².